The predicted molar refractivity (Wildman–Crippen MR) is 97.2 cm³/mol. The number of hydrogen-bond donors (Lipinski definition) is 0. The van der Waals surface area contributed by atoms with Crippen LogP contribution in [0.3, 0.4) is 0 Å². The average Bonchev–Trinajstić information content (AvgIpc) is 2.89. The molecule has 24 heavy (non-hydrogen) atoms. The van der Waals surface area contributed by atoms with Crippen molar-refractivity contribution in [2.45, 2.75) is 27.5 Å². The molecule has 1 saturated heterocycles. The van der Waals surface area contributed by atoms with E-state index in [9.17, 15) is 9.59 Å². The Morgan fingerprint density at radius 2 is 2.12 bits per heavy atom. The lowest BCUT2D eigenvalue weighted by molar-refractivity contribution is -0.136. The molecule has 5 nitrogen and oxygen atoms in total. The van der Waals surface area contributed by atoms with Crippen molar-refractivity contribution >= 4 is 56.6 Å². The topological polar surface area (TPSA) is 49.9 Å². The van der Waals surface area contributed by atoms with Crippen LogP contribution in [0.25, 0.3) is 0 Å². The van der Waals surface area contributed by atoms with Gasteiger partial charge in [0.2, 0.25) is 11.8 Å². The number of halogens is 3. The van der Waals surface area contributed by atoms with E-state index in [2.05, 4.69) is 15.9 Å². The third-order valence-electron chi connectivity index (χ3n) is 4.59. The van der Waals surface area contributed by atoms with Gasteiger partial charge in [0.1, 0.15) is 20.4 Å². The fourth-order valence-electron chi connectivity index (χ4n) is 2.97. The van der Waals surface area contributed by atoms with Crippen LogP contribution in [-0.4, -0.2) is 52.1 Å². The van der Waals surface area contributed by atoms with Crippen molar-refractivity contribution in [3.8, 4) is 5.75 Å². The van der Waals surface area contributed by atoms with Crippen LogP contribution in [0.5, 0.6) is 5.75 Å². The molecular weight excluding hydrogens is 419 g/mol. The lowest BCUT2D eigenvalue weighted by Gasteiger charge is -2.26. The minimum Gasteiger partial charge on any atom is -0.497 e. The summed E-state index contributed by atoms with van der Waals surface area (Å²) >= 11 is 15.4. The maximum atomic E-state index is 12.8. The number of methoxy groups -OCH3 is 1. The molecule has 2 atom stereocenters. The van der Waals surface area contributed by atoms with E-state index >= 15 is 0 Å². The van der Waals surface area contributed by atoms with Crippen LogP contribution in [-0.2, 0) is 9.59 Å². The fourth-order valence-corrected chi connectivity index (χ4v) is 4.56. The second-order valence-electron chi connectivity index (χ2n) is 6.09. The number of carbonyl (C=O) groups is 2. The van der Waals surface area contributed by atoms with Crippen molar-refractivity contribution in [2.24, 2.45) is 0 Å². The zero-order chi connectivity index (χ0) is 17.7. The van der Waals surface area contributed by atoms with E-state index in [0.29, 0.717) is 25.1 Å². The average molecular weight is 436 g/mol. The Morgan fingerprint density at radius 3 is 2.71 bits per heavy atom. The summed E-state index contributed by atoms with van der Waals surface area (Å²) in [5.41, 5.74) is 0.756. The van der Waals surface area contributed by atoms with Crippen molar-refractivity contribution in [3.63, 3.8) is 0 Å². The number of likely N-dealkylation sites (N-methyl/N-ethyl adjacent to an activating group) is 1. The largest absolute Gasteiger partial charge is 0.497 e. The first-order valence-electron chi connectivity index (χ1n) is 7.51. The molecular formula is C16H17BrCl2N2O3. The van der Waals surface area contributed by atoms with Gasteiger partial charge in [-0.3, -0.25) is 9.59 Å². The van der Waals surface area contributed by atoms with Crippen LogP contribution in [0.1, 0.15) is 12.8 Å². The number of benzene rings is 1. The number of hydrogen-bond acceptors (Lipinski definition) is 3. The summed E-state index contributed by atoms with van der Waals surface area (Å²) in [6, 6.07) is 6.77. The zero-order valence-corrected chi connectivity index (χ0v) is 16.4. The Hall–Kier alpha value is -0.980. The fraction of sp³-hybridized carbons (Fsp3) is 0.500. The summed E-state index contributed by atoms with van der Waals surface area (Å²) in [6.07, 6.45) is 0.881. The van der Waals surface area contributed by atoms with Crippen LogP contribution in [0.2, 0.25) is 0 Å². The molecule has 1 aliphatic heterocycles. The summed E-state index contributed by atoms with van der Waals surface area (Å²) < 4.78 is 3.08. The molecule has 0 radical (unpaired) electrons. The minimum absolute atomic E-state index is 0.120. The molecule has 0 N–H and O–H groups in total. The maximum Gasteiger partial charge on any atom is 0.249 e. The molecule has 2 unspecified atom stereocenters. The maximum absolute atomic E-state index is 12.8. The Bertz CT molecular complexity index is 700. The van der Waals surface area contributed by atoms with Crippen molar-refractivity contribution in [1.29, 1.82) is 0 Å². The van der Waals surface area contributed by atoms with Crippen LogP contribution in [0.15, 0.2) is 24.3 Å². The molecule has 0 bridgehead atoms. The Morgan fingerprint density at radius 1 is 1.46 bits per heavy atom. The summed E-state index contributed by atoms with van der Waals surface area (Å²) in [4.78, 5) is 28.5. The van der Waals surface area contributed by atoms with Gasteiger partial charge in [0.15, 0.2) is 0 Å². The van der Waals surface area contributed by atoms with Crippen LogP contribution >= 0.6 is 39.1 Å². The van der Waals surface area contributed by atoms with Gasteiger partial charge in [-0.05, 0) is 18.6 Å². The molecule has 1 heterocycles. The van der Waals surface area contributed by atoms with Crippen LogP contribution < -0.4 is 9.64 Å². The summed E-state index contributed by atoms with van der Waals surface area (Å²) in [5, 5.41) is 0. The van der Waals surface area contributed by atoms with Crippen molar-refractivity contribution < 1.29 is 14.3 Å². The van der Waals surface area contributed by atoms with Gasteiger partial charge >= 0.3 is 0 Å². The second kappa shape index (κ2) is 6.07. The Balaban J connectivity index is 1.75. The van der Waals surface area contributed by atoms with Gasteiger partial charge in [-0.15, -0.1) is 0 Å². The second-order valence-corrected chi connectivity index (χ2v) is 8.93. The van der Waals surface area contributed by atoms with Gasteiger partial charge in [-0.1, -0.05) is 45.2 Å². The highest BCUT2D eigenvalue weighted by molar-refractivity contribution is 9.10. The highest BCUT2D eigenvalue weighted by Crippen LogP contribution is 2.63. The van der Waals surface area contributed by atoms with Crippen LogP contribution in [0, 0.1) is 0 Å². The number of anilines is 1. The van der Waals surface area contributed by atoms with Crippen molar-refractivity contribution in [2.75, 3.05) is 25.6 Å². The molecule has 130 valence electrons. The molecule has 1 aliphatic carbocycles. The third kappa shape index (κ3) is 2.78. The standard InChI is InChI=1S/C16H17BrCl2N2O3/c1-20(14(23)15(17)9-16(15,18)19)12-6-7-21(13(12)22)10-4-3-5-11(8-10)24-2/h3-5,8,12H,6-7,9H2,1-2H3. The van der Waals surface area contributed by atoms with Crippen molar-refractivity contribution in [3.05, 3.63) is 24.3 Å². The minimum atomic E-state index is -1.12. The number of alkyl halides is 3. The lowest BCUT2D eigenvalue weighted by atomic mass is 10.2. The summed E-state index contributed by atoms with van der Waals surface area (Å²) in [5.74, 6) is 0.295. The van der Waals surface area contributed by atoms with Crippen LogP contribution in [0.4, 0.5) is 5.69 Å². The Labute approximate surface area is 158 Å². The molecule has 0 aromatic heterocycles. The number of rotatable bonds is 4. The molecule has 1 aromatic carbocycles. The van der Waals surface area contributed by atoms with E-state index in [1.807, 2.05) is 18.2 Å². The van der Waals surface area contributed by atoms with Gasteiger partial charge in [0.25, 0.3) is 0 Å². The highest BCUT2D eigenvalue weighted by Gasteiger charge is 2.71. The first kappa shape index (κ1) is 17.8. The first-order valence-corrected chi connectivity index (χ1v) is 9.05. The molecule has 2 aliphatic rings. The van der Waals surface area contributed by atoms with E-state index in [1.54, 1.807) is 25.1 Å². The number of nitrogens with zero attached hydrogens (tertiary/aromatic N) is 2. The summed E-state index contributed by atoms with van der Waals surface area (Å²) in [7, 11) is 3.20. The Kier molecular flexibility index (Phi) is 4.51. The van der Waals surface area contributed by atoms with Gasteiger partial charge in [-0.25, -0.2) is 0 Å². The molecule has 3 rings (SSSR count). The van der Waals surface area contributed by atoms with E-state index < -0.39 is 14.7 Å². The van der Waals surface area contributed by atoms with E-state index in [-0.39, 0.29) is 11.8 Å². The zero-order valence-electron chi connectivity index (χ0n) is 13.3. The quantitative estimate of drug-likeness (QED) is 0.683. The first-order chi connectivity index (χ1) is 11.2. The molecule has 2 amide bonds. The molecule has 0 spiro atoms. The normalized spacial score (nSPS) is 28.0. The number of carbonyl (C=O) groups excluding carboxylic acids is 2. The van der Waals surface area contributed by atoms with E-state index in [0.717, 1.165) is 5.69 Å². The van der Waals surface area contributed by atoms with Crippen molar-refractivity contribution in [1.82, 2.24) is 4.90 Å². The molecule has 1 saturated carbocycles. The molecule has 8 heteroatoms. The third-order valence-corrected chi connectivity index (χ3v) is 7.25. The molecule has 1 aromatic rings. The SMILES string of the molecule is COc1cccc(N2CCC(N(C)C(=O)C3(Br)CC3(Cl)Cl)C2=O)c1. The van der Waals surface area contributed by atoms with Gasteiger partial charge < -0.3 is 14.5 Å². The lowest BCUT2D eigenvalue weighted by Crippen LogP contribution is -2.47. The van der Waals surface area contributed by atoms with Gasteiger partial charge in [-0.2, -0.15) is 0 Å². The smallest absolute Gasteiger partial charge is 0.249 e. The monoisotopic (exact) mass is 434 g/mol. The summed E-state index contributed by atoms with van der Waals surface area (Å²) in [6.45, 7) is 0.538. The highest BCUT2D eigenvalue weighted by atomic mass is 79.9. The predicted octanol–water partition coefficient (Wildman–Crippen LogP) is 2.97. The van der Waals surface area contributed by atoms with E-state index in [1.165, 1.54) is 4.90 Å². The molecule has 2 fully saturated rings. The van der Waals surface area contributed by atoms with Gasteiger partial charge in [0, 0.05) is 31.8 Å². The van der Waals surface area contributed by atoms with E-state index in [4.69, 9.17) is 27.9 Å². The number of ether oxygens (including phenoxy) is 1. The number of amides is 2. The van der Waals surface area contributed by atoms with Gasteiger partial charge in [0.05, 0.1) is 7.11 Å².